The summed E-state index contributed by atoms with van der Waals surface area (Å²) in [6.45, 7) is 4.43. The van der Waals surface area contributed by atoms with Gasteiger partial charge in [0.2, 0.25) is 5.91 Å². The lowest BCUT2D eigenvalue weighted by atomic mass is 9.96. The zero-order valence-electron chi connectivity index (χ0n) is 10.7. The highest BCUT2D eigenvalue weighted by molar-refractivity contribution is 5.77. The smallest absolute Gasteiger partial charge is 0.305 e. The van der Waals surface area contributed by atoms with Crippen LogP contribution in [0.1, 0.15) is 46.0 Å². The summed E-state index contributed by atoms with van der Waals surface area (Å²) in [4.78, 5) is 21.9. The molecule has 17 heavy (non-hydrogen) atoms. The van der Waals surface area contributed by atoms with Crippen molar-refractivity contribution in [1.29, 1.82) is 0 Å². The molecule has 0 aromatic heterocycles. The Bertz CT molecular complexity index is 244. The van der Waals surface area contributed by atoms with Crippen LogP contribution in [0, 0.1) is 5.92 Å². The highest BCUT2D eigenvalue weighted by Crippen LogP contribution is 2.14. The molecule has 0 aliphatic heterocycles. The van der Waals surface area contributed by atoms with Crippen molar-refractivity contribution in [2.75, 3.05) is 6.54 Å². The van der Waals surface area contributed by atoms with E-state index in [0.717, 1.165) is 19.3 Å². The number of carboxylic acid groups (broad SMARTS) is 1. The van der Waals surface area contributed by atoms with E-state index in [9.17, 15) is 9.59 Å². The largest absolute Gasteiger partial charge is 0.481 e. The number of nitrogens with one attached hydrogen (secondary N) is 1. The standard InChI is InChI=1S/C12H24N2O3/c1-3-10(6-7-13)4-5-11(15)14-9(2)8-12(16)17/h9-10H,3-8,13H2,1-2H3,(H,14,15)(H,16,17). The Morgan fingerprint density at radius 3 is 2.47 bits per heavy atom. The Morgan fingerprint density at radius 1 is 1.35 bits per heavy atom. The average Bonchev–Trinajstić information content (AvgIpc) is 2.22. The van der Waals surface area contributed by atoms with Gasteiger partial charge in [-0.1, -0.05) is 13.3 Å². The van der Waals surface area contributed by atoms with Gasteiger partial charge in [-0.2, -0.15) is 0 Å². The van der Waals surface area contributed by atoms with Crippen molar-refractivity contribution in [1.82, 2.24) is 5.32 Å². The van der Waals surface area contributed by atoms with E-state index in [1.807, 2.05) is 0 Å². The Kier molecular flexibility index (Phi) is 8.40. The van der Waals surface area contributed by atoms with Gasteiger partial charge in [-0.25, -0.2) is 0 Å². The SMILES string of the molecule is CCC(CCN)CCC(=O)NC(C)CC(=O)O. The van der Waals surface area contributed by atoms with Crippen LogP contribution < -0.4 is 11.1 Å². The van der Waals surface area contributed by atoms with Crippen molar-refractivity contribution in [3.63, 3.8) is 0 Å². The second kappa shape index (κ2) is 8.98. The molecule has 0 bridgehead atoms. The molecule has 0 saturated heterocycles. The first-order valence-corrected chi connectivity index (χ1v) is 6.20. The molecule has 2 atom stereocenters. The minimum Gasteiger partial charge on any atom is -0.481 e. The summed E-state index contributed by atoms with van der Waals surface area (Å²) in [6, 6.07) is -0.311. The summed E-state index contributed by atoms with van der Waals surface area (Å²) >= 11 is 0. The zero-order chi connectivity index (χ0) is 13.3. The summed E-state index contributed by atoms with van der Waals surface area (Å²) in [5, 5.41) is 11.2. The molecule has 0 radical (unpaired) electrons. The van der Waals surface area contributed by atoms with E-state index in [4.69, 9.17) is 10.8 Å². The highest BCUT2D eigenvalue weighted by atomic mass is 16.4. The molecular formula is C12H24N2O3. The third-order valence-electron chi connectivity index (χ3n) is 2.82. The Morgan fingerprint density at radius 2 is 2.00 bits per heavy atom. The molecule has 0 aliphatic rings. The van der Waals surface area contributed by atoms with Crippen LogP contribution in [0.25, 0.3) is 0 Å². The molecule has 5 heteroatoms. The number of hydrogen-bond acceptors (Lipinski definition) is 3. The van der Waals surface area contributed by atoms with Gasteiger partial charge in [0, 0.05) is 12.5 Å². The summed E-state index contributed by atoms with van der Waals surface area (Å²) in [5.41, 5.74) is 5.48. The molecule has 0 spiro atoms. The first kappa shape index (κ1) is 15.9. The first-order chi connectivity index (χ1) is 7.99. The molecular weight excluding hydrogens is 220 g/mol. The van der Waals surface area contributed by atoms with Gasteiger partial charge in [0.15, 0.2) is 0 Å². The molecule has 2 unspecified atom stereocenters. The minimum absolute atomic E-state index is 0.0360. The third-order valence-corrected chi connectivity index (χ3v) is 2.82. The lowest BCUT2D eigenvalue weighted by molar-refractivity contribution is -0.137. The van der Waals surface area contributed by atoms with Crippen LogP contribution in [0.15, 0.2) is 0 Å². The molecule has 0 saturated carbocycles. The quantitative estimate of drug-likeness (QED) is 0.566. The fourth-order valence-electron chi connectivity index (χ4n) is 1.78. The lowest BCUT2D eigenvalue weighted by Gasteiger charge is -2.15. The van der Waals surface area contributed by atoms with Crippen LogP contribution in [0.4, 0.5) is 0 Å². The summed E-state index contributed by atoms with van der Waals surface area (Å²) in [7, 11) is 0. The molecule has 4 N–H and O–H groups in total. The molecule has 5 nitrogen and oxygen atoms in total. The van der Waals surface area contributed by atoms with Crippen molar-refractivity contribution in [3.8, 4) is 0 Å². The molecule has 0 aromatic rings. The number of hydrogen-bond donors (Lipinski definition) is 3. The van der Waals surface area contributed by atoms with Crippen LogP contribution in [-0.4, -0.2) is 29.6 Å². The fourth-order valence-corrected chi connectivity index (χ4v) is 1.78. The molecule has 0 heterocycles. The van der Waals surface area contributed by atoms with Crippen molar-refractivity contribution < 1.29 is 14.7 Å². The molecule has 1 amide bonds. The number of carboxylic acids is 1. The van der Waals surface area contributed by atoms with Crippen LogP contribution >= 0.6 is 0 Å². The number of carbonyl (C=O) groups excluding carboxylic acids is 1. The third kappa shape index (κ3) is 8.68. The fraction of sp³-hybridized carbons (Fsp3) is 0.833. The van der Waals surface area contributed by atoms with E-state index < -0.39 is 5.97 Å². The second-order valence-electron chi connectivity index (χ2n) is 4.46. The predicted molar refractivity (Wildman–Crippen MR) is 66.5 cm³/mol. The van der Waals surface area contributed by atoms with Gasteiger partial charge in [0.25, 0.3) is 0 Å². The van der Waals surface area contributed by atoms with Gasteiger partial charge in [-0.05, 0) is 32.2 Å². The molecule has 0 aliphatic carbocycles. The zero-order valence-corrected chi connectivity index (χ0v) is 10.7. The Hall–Kier alpha value is -1.10. The monoisotopic (exact) mass is 244 g/mol. The summed E-state index contributed by atoms with van der Waals surface area (Å²) in [6.07, 6.45) is 3.19. The van der Waals surface area contributed by atoms with Crippen molar-refractivity contribution in [2.45, 2.75) is 52.0 Å². The van der Waals surface area contributed by atoms with E-state index >= 15 is 0 Å². The minimum atomic E-state index is -0.896. The van der Waals surface area contributed by atoms with Crippen LogP contribution in [0.5, 0.6) is 0 Å². The maximum atomic E-state index is 11.5. The van der Waals surface area contributed by atoms with Gasteiger partial charge in [-0.15, -0.1) is 0 Å². The highest BCUT2D eigenvalue weighted by Gasteiger charge is 2.12. The number of nitrogens with two attached hydrogens (primary N) is 1. The van der Waals surface area contributed by atoms with E-state index in [1.165, 1.54) is 0 Å². The summed E-state index contributed by atoms with van der Waals surface area (Å²) < 4.78 is 0. The van der Waals surface area contributed by atoms with Gasteiger partial charge in [-0.3, -0.25) is 9.59 Å². The van der Waals surface area contributed by atoms with Gasteiger partial charge >= 0.3 is 5.97 Å². The Labute approximate surface area is 103 Å². The van der Waals surface area contributed by atoms with Gasteiger partial charge in [0.1, 0.15) is 0 Å². The van der Waals surface area contributed by atoms with Crippen LogP contribution in [0.3, 0.4) is 0 Å². The number of aliphatic carboxylic acids is 1. The number of amides is 1. The maximum Gasteiger partial charge on any atom is 0.305 e. The van der Waals surface area contributed by atoms with Gasteiger partial charge < -0.3 is 16.2 Å². The lowest BCUT2D eigenvalue weighted by Crippen LogP contribution is -2.34. The number of rotatable bonds is 9. The van der Waals surface area contributed by atoms with E-state index in [2.05, 4.69) is 12.2 Å². The van der Waals surface area contributed by atoms with Crippen molar-refractivity contribution in [2.24, 2.45) is 11.7 Å². The summed E-state index contributed by atoms with van der Waals surface area (Å²) in [5.74, 6) is -0.484. The topological polar surface area (TPSA) is 92.4 Å². The molecule has 0 fully saturated rings. The average molecular weight is 244 g/mol. The number of carbonyl (C=O) groups is 2. The molecule has 0 aromatic carbocycles. The van der Waals surface area contributed by atoms with E-state index in [1.54, 1.807) is 6.92 Å². The second-order valence-corrected chi connectivity index (χ2v) is 4.46. The van der Waals surface area contributed by atoms with Crippen LogP contribution in [0.2, 0.25) is 0 Å². The molecule has 100 valence electrons. The van der Waals surface area contributed by atoms with Crippen LogP contribution in [-0.2, 0) is 9.59 Å². The predicted octanol–water partition coefficient (Wildman–Crippen LogP) is 1.12. The van der Waals surface area contributed by atoms with Crippen molar-refractivity contribution in [3.05, 3.63) is 0 Å². The van der Waals surface area contributed by atoms with E-state index in [0.29, 0.717) is 18.9 Å². The van der Waals surface area contributed by atoms with Crippen molar-refractivity contribution >= 4 is 11.9 Å². The molecule has 0 rings (SSSR count). The first-order valence-electron chi connectivity index (χ1n) is 6.20. The normalized spacial score (nSPS) is 14.1. The maximum absolute atomic E-state index is 11.5. The van der Waals surface area contributed by atoms with Gasteiger partial charge in [0.05, 0.1) is 6.42 Å². The Balaban J connectivity index is 3.81. The van der Waals surface area contributed by atoms with E-state index in [-0.39, 0.29) is 18.4 Å².